The molecule has 0 rings (SSSR count). The SMILES string of the molecule is CC(C)C[C@@H](C(=O)NCC(=O)O)N(C)C. The van der Waals surface area contributed by atoms with Crippen molar-refractivity contribution in [3.8, 4) is 0 Å². The summed E-state index contributed by atoms with van der Waals surface area (Å²) in [7, 11) is 3.63. The van der Waals surface area contributed by atoms with Crippen LogP contribution in [0.4, 0.5) is 0 Å². The highest BCUT2D eigenvalue weighted by atomic mass is 16.4. The van der Waals surface area contributed by atoms with Gasteiger partial charge in [-0.25, -0.2) is 0 Å². The van der Waals surface area contributed by atoms with Gasteiger partial charge >= 0.3 is 5.97 Å². The molecule has 0 aromatic heterocycles. The summed E-state index contributed by atoms with van der Waals surface area (Å²) in [6.07, 6.45) is 0.721. The molecular formula is C10H20N2O3. The number of likely N-dealkylation sites (N-methyl/N-ethyl adjacent to an activating group) is 1. The van der Waals surface area contributed by atoms with Gasteiger partial charge in [-0.1, -0.05) is 13.8 Å². The average molecular weight is 216 g/mol. The zero-order chi connectivity index (χ0) is 12.0. The lowest BCUT2D eigenvalue weighted by Crippen LogP contribution is -2.45. The van der Waals surface area contributed by atoms with Crippen LogP contribution in [0.1, 0.15) is 20.3 Å². The summed E-state index contributed by atoms with van der Waals surface area (Å²) in [5, 5.41) is 10.8. The van der Waals surface area contributed by atoms with Gasteiger partial charge in [0, 0.05) is 0 Å². The number of amides is 1. The molecule has 0 saturated carbocycles. The minimum absolute atomic E-state index is 0.226. The van der Waals surface area contributed by atoms with Crippen molar-refractivity contribution in [2.75, 3.05) is 20.6 Å². The van der Waals surface area contributed by atoms with E-state index in [0.717, 1.165) is 6.42 Å². The van der Waals surface area contributed by atoms with Gasteiger partial charge in [0.05, 0.1) is 6.04 Å². The van der Waals surface area contributed by atoms with Crippen molar-refractivity contribution < 1.29 is 14.7 Å². The fourth-order valence-corrected chi connectivity index (χ4v) is 1.28. The van der Waals surface area contributed by atoms with E-state index in [1.807, 2.05) is 27.9 Å². The molecular weight excluding hydrogens is 196 g/mol. The van der Waals surface area contributed by atoms with Gasteiger partial charge in [-0.05, 0) is 26.4 Å². The topological polar surface area (TPSA) is 69.6 Å². The Labute approximate surface area is 90.5 Å². The summed E-state index contributed by atoms with van der Waals surface area (Å²) in [4.78, 5) is 23.7. The van der Waals surface area contributed by atoms with Crippen LogP contribution in [0, 0.1) is 5.92 Å². The average Bonchev–Trinajstić information content (AvgIpc) is 2.09. The Morgan fingerprint density at radius 1 is 1.33 bits per heavy atom. The van der Waals surface area contributed by atoms with Crippen molar-refractivity contribution >= 4 is 11.9 Å². The van der Waals surface area contributed by atoms with E-state index in [1.165, 1.54) is 0 Å². The molecule has 0 unspecified atom stereocenters. The summed E-state index contributed by atoms with van der Waals surface area (Å²) >= 11 is 0. The Kier molecular flexibility index (Phi) is 5.93. The van der Waals surface area contributed by atoms with Crippen LogP contribution in [-0.2, 0) is 9.59 Å². The second-order valence-electron chi connectivity index (χ2n) is 4.22. The van der Waals surface area contributed by atoms with Gasteiger partial charge in [0.1, 0.15) is 6.54 Å². The van der Waals surface area contributed by atoms with Crippen LogP contribution in [0.3, 0.4) is 0 Å². The van der Waals surface area contributed by atoms with Crippen LogP contribution >= 0.6 is 0 Å². The van der Waals surface area contributed by atoms with E-state index in [9.17, 15) is 9.59 Å². The second kappa shape index (κ2) is 6.40. The molecule has 0 radical (unpaired) electrons. The molecule has 0 aromatic carbocycles. The molecule has 0 aliphatic carbocycles. The molecule has 0 aliphatic rings. The quantitative estimate of drug-likeness (QED) is 0.663. The van der Waals surface area contributed by atoms with Crippen molar-refractivity contribution in [1.82, 2.24) is 10.2 Å². The lowest BCUT2D eigenvalue weighted by molar-refractivity contribution is -0.138. The molecule has 0 aliphatic heterocycles. The minimum atomic E-state index is -1.02. The van der Waals surface area contributed by atoms with Crippen LogP contribution < -0.4 is 5.32 Å². The summed E-state index contributed by atoms with van der Waals surface area (Å²) in [5.41, 5.74) is 0. The lowest BCUT2D eigenvalue weighted by atomic mass is 10.0. The van der Waals surface area contributed by atoms with Crippen molar-refractivity contribution in [1.29, 1.82) is 0 Å². The van der Waals surface area contributed by atoms with Gasteiger partial charge < -0.3 is 10.4 Å². The monoisotopic (exact) mass is 216 g/mol. The number of rotatable bonds is 6. The number of carboxylic acids is 1. The normalized spacial score (nSPS) is 12.9. The van der Waals surface area contributed by atoms with Crippen LogP contribution in [0.25, 0.3) is 0 Å². The Morgan fingerprint density at radius 3 is 2.20 bits per heavy atom. The maximum Gasteiger partial charge on any atom is 0.322 e. The fourth-order valence-electron chi connectivity index (χ4n) is 1.28. The largest absolute Gasteiger partial charge is 0.480 e. The van der Waals surface area contributed by atoms with E-state index in [1.54, 1.807) is 4.90 Å². The maximum absolute atomic E-state index is 11.6. The summed E-state index contributed by atoms with van der Waals surface area (Å²) < 4.78 is 0. The molecule has 1 amide bonds. The number of nitrogens with one attached hydrogen (secondary N) is 1. The zero-order valence-corrected chi connectivity index (χ0v) is 9.78. The third kappa shape index (κ3) is 6.06. The molecule has 5 heteroatoms. The molecule has 0 spiro atoms. The van der Waals surface area contributed by atoms with E-state index in [-0.39, 0.29) is 18.5 Å². The molecule has 2 N–H and O–H groups in total. The first kappa shape index (κ1) is 13.9. The first-order valence-corrected chi connectivity index (χ1v) is 5.00. The molecule has 0 heterocycles. The Balaban J connectivity index is 4.23. The standard InChI is InChI=1S/C10H20N2O3/c1-7(2)5-8(12(3)4)10(15)11-6-9(13)14/h7-8H,5-6H2,1-4H3,(H,11,15)(H,13,14)/t8-/m0/s1. The van der Waals surface area contributed by atoms with Gasteiger partial charge in [0.15, 0.2) is 0 Å². The first-order chi connectivity index (χ1) is 6.84. The first-order valence-electron chi connectivity index (χ1n) is 5.00. The predicted octanol–water partition coefficient (Wildman–Crippen LogP) is 0.164. The van der Waals surface area contributed by atoms with Crippen LogP contribution in [0.15, 0.2) is 0 Å². The molecule has 5 nitrogen and oxygen atoms in total. The molecule has 15 heavy (non-hydrogen) atoms. The molecule has 88 valence electrons. The number of hydrogen-bond acceptors (Lipinski definition) is 3. The van der Waals surface area contributed by atoms with E-state index in [4.69, 9.17) is 5.11 Å². The number of hydrogen-bond donors (Lipinski definition) is 2. The molecule has 0 fully saturated rings. The minimum Gasteiger partial charge on any atom is -0.480 e. The maximum atomic E-state index is 11.6. The van der Waals surface area contributed by atoms with Crippen LogP contribution in [0.5, 0.6) is 0 Å². The van der Waals surface area contributed by atoms with E-state index < -0.39 is 5.97 Å². The highest BCUT2D eigenvalue weighted by molar-refractivity contribution is 5.85. The Bertz CT molecular complexity index is 227. The van der Waals surface area contributed by atoms with Crippen molar-refractivity contribution in [3.05, 3.63) is 0 Å². The number of nitrogens with zero attached hydrogens (tertiary/aromatic N) is 1. The molecule has 0 saturated heterocycles. The van der Waals surface area contributed by atoms with Gasteiger partial charge in [-0.3, -0.25) is 14.5 Å². The summed E-state index contributed by atoms with van der Waals surface area (Å²) in [6, 6.07) is -0.260. The van der Waals surface area contributed by atoms with Gasteiger partial charge in [0.2, 0.25) is 5.91 Å². The van der Waals surface area contributed by atoms with E-state index in [2.05, 4.69) is 5.32 Å². The lowest BCUT2D eigenvalue weighted by Gasteiger charge is -2.24. The molecule has 0 bridgehead atoms. The van der Waals surface area contributed by atoms with E-state index in [0.29, 0.717) is 5.92 Å². The third-order valence-electron chi connectivity index (χ3n) is 2.03. The summed E-state index contributed by atoms with van der Waals surface area (Å²) in [6.45, 7) is 3.74. The highest BCUT2D eigenvalue weighted by Crippen LogP contribution is 2.08. The number of aliphatic carboxylic acids is 1. The van der Waals surface area contributed by atoms with Crippen molar-refractivity contribution in [2.45, 2.75) is 26.3 Å². The Morgan fingerprint density at radius 2 is 1.87 bits per heavy atom. The van der Waals surface area contributed by atoms with Crippen molar-refractivity contribution in [2.24, 2.45) is 5.92 Å². The number of carboxylic acid groups (broad SMARTS) is 1. The predicted molar refractivity (Wildman–Crippen MR) is 57.6 cm³/mol. The molecule has 1 atom stereocenters. The smallest absolute Gasteiger partial charge is 0.322 e. The van der Waals surface area contributed by atoms with Gasteiger partial charge in [-0.2, -0.15) is 0 Å². The zero-order valence-electron chi connectivity index (χ0n) is 9.78. The Hall–Kier alpha value is -1.10. The van der Waals surface area contributed by atoms with Crippen molar-refractivity contribution in [3.63, 3.8) is 0 Å². The number of carbonyl (C=O) groups excluding carboxylic acids is 1. The summed E-state index contributed by atoms with van der Waals surface area (Å²) in [5.74, 6) is -0.852. The fraction of sp³-hybridized carbons (Fsp3) is 0.800. The third-order valence-corrected chi connectivity index (χ3v) is 2.03. The van der Waals surface area contributed by atoms with Gasteiger partial charge in [-0.15, -0.1) is 0 Å². The second-order valence-corrected chi connectivity index (χ2v) is 4.22. The highest BCUT2D eigenvalue weighted by Gasteiger charge is 2.21. The van der Waals surface area contributed by atoms with Crippen LogP contribution in [0.2, 0.25) is 0 Å². The molecule has 0 aromatic rings. The number of carbonyl (C=O) groups is 2. The van der Waals surface area contributed by atoms with Gasteiger partial charge in [0.25, 0.3) is 0 Å². The van der Waals surface area contributed by atoms with Crippen LogP contribution in [-0.4, -0.2) is 48.6 Å². The van der Waals surface area contributed by atoms with E-state index >= 15 is 0 Å².